The lowest BCUT2D eigenvalue weighted by Crippen LogP contribution is -2.14. The second-order valence-corrected chi connectivity index (χ2v) is 4.66. The summed E-state index contributed by atoms with van der Waals surface area (Å²) in [6.45, 7) is 2.32. The average molecular weight is 219 g/mol. The van der Waals surface area contributed by atoms with Crippen molar-refractivity contribution < 1.29 is 9.47 Å². The van der Waals surface area contributed by atoms with Crippen molar-refractivity contribution in [2.45, 2.75) is 5.92 Å². The minimum Gasteiger partial charge on any atom is -0.497 e. The lowest BCUT2D eigenvalue weighted by molar-refractivity contribution is 0.393. The number of nitrogens with one attached hydrogen (secondary N) is 1. The fraction of sp³-hybridized carbons (Fsp3) is 0.538. The summed E-state index contributed by atoms with van der Waals surface area (Å²) in [5, 5.41) is 3.42. The van der Waals surface area contributed by atoms with E-state index in [4.69, 9.17) is 9.47 Å². The van der Waals surface area contributed by atoms with Crippen LogP contribution in [0.2, 0.25) is 0 Å². The predicted molar refractivity (Wildman–Crippen MR) is 62.1 cm³/mol. The van der Waals surface area contributed by atoms with Gasteiger partial charge in [0.15, 0.2) is 0 Å². The number of hydrogen-bond donors (Lipinski definition) is 1. The molecule has 1 saturated carbocycles. The molecule has 0 spiro atoms. The molecule has 1 heterocycles. The summed E-state index contributed by atoms with van der Waals surface area (Å²) in [7, 11) is 3.40. The van der Waals surface area contributed by atoms with Crippen LogP contribution in [-0.4, -0.2) is 27.3 Å². The van der Waals surface area contributed by atoms with Gasteiger partial charge in [-0.3, -0.25) is 0 Å². The van der Waals surface area contributed by atoms with E-state index in [1.165, 1.54) is 5.56 Å². The van der Waals surface area contributed by atoms with E-state index in [0.717, 1.165) is 36.4 Å². The zero-order chi connectivity index (χ0) is 11.1. The van der Waals surface area contributed by atoms with Crippen molar-refractivity contribution in [2.75, 3.05) is 27.3 Å². The monoisotopic (exact) mass is 219 g/mol. The van der Waals surface area contributed by atoms with E-state index in [0.29, 0.717) is 5.92 Å². The van der Waals surface area contributed by atoms with Crippen molar-refractivity contribution in [1.82, 2.24) is 5.32 Å². The van der Waals surface area contributed by atoms with Crippen molar-refractivity contribution in [2.24, 2.45) is 11.8 Å². The first-order valence-electron chi connectivity index (χ1n) is 5.77. The van der Waals surface area contributed by atoms with Gasteiger partial charge in [0.2, 0.25) is 0 Å². The molecule has 3 heteroatoms. The minimum absolute atomic E-state index is 0.713. The quantitative estimate of drug-likeness (QED) is 0.838. The van der Waals surface area contributed by atoms with E-state index in [9.17, 15) is 0 Å². The summed E-state index contributed by atoms with van der Waals surface area (Å²) in [5.41, 5.74) is 1.37. The van der Waals surface area contributed by atoms with Gasteiger partial charge in [-0.25, -0.2) is 0 Å². The first kappa shape index (κ1) is 9.97. The molecule has 0 amide bonds. The molecule has 2 fully saturated rings. The highest BCUT2D eigenvalue weighted by Gasteiger charge is 2.53. The topological polar surface area (TPSA) is 30.5 Å². The lowest BCUT2D eigenvalue weighted by atomic mass is 10.1. The van der Waals surface area contributed by atoms with Gasteiger partial charge in [0.05, 0.1) is 14.2 Å². The van der Waals surface area contributed by atoms with E-state index >= 15 is 0 Å². The van der Waals surface area contributed by atoms with E-state index < -0.39 is 0 Å². The third-order valence-electron chi connectivity index (χ3n) is 3.85. The molecule has 1 aromatic rings. The van der Waals surface area contributed by atoms with Gasteiger partial charge in [-0.15, -0.1) is 0 Å². The second-order valence-electron chi connectivity index (χ2n) is 4.66. The second kappa shape index (κ2) is 3.67. The largest absolute Gasteiger partial charge is 0.497 e. The Labute approximate surface area is 95.8 Å². The van der Waals surface area contributed by atoms with Crippen molar-refractivity contribution in [3.05, 3.63) is 23.8 Å². The molecular formula is C13H17NO2. The fourth-order valence-electron chi connectivity index (χ4n) is 2.93. The Balaban J connectivity index is 1.89. The first-order chi connectivity index (χ1) is 7.83. The number of rotatable bonds is 3. The fourth-order valence-corrected chi connectivity index (χ4v) is 2.93. The van der Waals surface area contributed by atoms with Crippen LogP contribution in [0.25, 0.3) is 0 Å². The molecule has 1 aromatic carbocycles. The molecule has 2 atom stereocenters. The van der Waals surface area contributed by atoms with Crippen LogP contribution in [0.15, 0.2) is 18.2 Å². The molecule has 0 bridgehead atoms. The Morgan fingerprint density at radius 2 is 1.56 bits per heavy atom. The molecule has 1 saturated heterocycles. The van der Waals surface area contributed by atoms with Crippen molar-refractivity contribution in [3.63, 3.8) is 0 Å². The van der Waals surface area contributed by atoms with Crippen LogP contribution >= 0.6 is 0 Å². The maximum absolute atomic E-state index is 5.30. The van der Waals surface area contributed by atoms with Gasteiger partial charge in [-0.2, -0.15) is 0 Å². The van der Waals surface area contributed by atoms with Gasteiger partial charge in [-0.05, 0) is 48.5 Å². The summed E-state index contributed by atoms with van der Waals surface area (Å²) in [6, 6.07) is 6.22. The van der Waals surface area contributed by atoms with Crippen molar-refractivity contribution >= 4 is 0 Å². The smallest absolute Gasteiger partial charge is 0.122 e. The summed E-state index contributed by atoms with van der Waals surface area (Å²) in [4.78, 5) is 0. The van der Waals surface area contributed by atoms with Gasteiger partial charge in [-0.1, -0.05) is 0 Å². The predicted octanol–water partition coefficient (Wildman–Crippen LogP) is 1.64. The summed E-state index contributed by atoms with van der Waals surface area (Å²) in [6.07, 6.45) is 0. The molecule has 0 aromatic heterocycles. The van der Waals surface area contributed by atoms with Crippen LogP contribution in [0.4, 0.5) is 0 Å². The molecular weight excluding hydrogens is 202 g/mol. The molecule has 1 N–H and O–H groups in total. The summed E-state index contributed by atoms with van der Waals surface area (Å²) >= 11 is 0. The van der Waals surface area contributed by atoms with Crippen LogP contribution in [0, 0.1) is 11.8 Å². The standard InChI is InChI=1S/C13H17NO2/c1-15-9-3-8(4-10(5-9)16-2)13-11-6-14-7-12(11)13/h3-5,11-14H,6-7H2,1-2H3. The molecule has 2 aliphatic rings. The molecule has 1 aliphatic carbocycles. The third-order valence-corrected chi connectivity index (χ3v) is 3.85. The molecule has 86 valence electrons. The van der Waals surface area contributed by atoms with E-state index in [2.05, 4.69) is 17.4 Å². The lowest BCUT2D eigenvalue weighted by Gasteiger charge is -2.10. The molecule has 1 aliphatic heterocycles. The van der Waals surface area contributed by atoms with E-state index in [1.54, 1.807) is 14.2 Å². The Kier molecular flexibility index (Phi) is 2.28. The first-order valence-corrected chi connectivity index (χ1v) is 5.77. The van der Waals surface area contributed by atoms with Crippen LogP contribution in [0.5, 0.6) is 11.5 Å². The Morgan fingerprint density at radius 1 is 1.00 bits per heavy atom. The van der Waals surface area contributed by atoms with Gasteiger partial charge in [0.1, 0.15) is 11.5 Å². The third kappa shape index (κ3) is 1.47. The van der Waals surface area contributed by atoms with Gasteiger partial charge < -0.3 is 14.8 Å². The zero-order valence-corrected chi connectivity index (χ0v) is 9.69. The zero-order valence-electron chi connectivity index (χ0n) is 9.69. The number of ether oxygens (including phenoxy) is 2. The summed E-state index contributed by atoms with van der Waals surface area (Å²) in [5.74, 6) is 4.17. The molecule has 16 heavy (non-hydrogen) atoms. The Morgan fingerprint density at radius 3 is 2.06 bits per heavy atom. The minimum atomic E-state index is 0.713. The molecule has 2 unspecified atom stereocenters. The normalized spacial score (nSPS) is 31.0. The molecule has 0 radical (unpaired) electrons. The molecule has 3 nitrogen and oxygen atoms in total. The van der Waals surface area contributed by atoms with Gasteiger partial charge in [0.25, 0.3) is 0 Å². The van der Waals surface area contributed by atoms with Crippen LogP contribution in [0.3, 0.4) is 0 Å². The van der Waals surface area contributed by atoms with Gasteiger partial charge >= 0.3 is 0 Å². The van der Waals surface area contributed by atoms with Crippen LogP contribution in [-0.2, 0) is 0 Å². The highest BCUT2D eigenvalue weighted by atomic mass is 16.5. The average Bonchev–Trinajstić information content (AvgIpc) is 2.82. The number of benzene rings is 1. The highest BCUT2D eigenvalue weighted by molar-refractivity contribution is 5.43. The SMILES string of the molecule is COc1cc(OC)cc(C2C3CNCC32)c1. The highest BCUT2D eigenvalue weighted by Crippen LogP contribution is 2.56. The number of hydrogen-bond acceptors (Lipinski definition) is 3. The van der Waals surface area contributed by atoms with E-state index in [1.807, 2.05) is 6.07 Å². The Hall–Kier alpha value is -1.22. The number of fused-ring (bicyclic) bond motifs is 1. The van der Waals surface area contributed by atoms with Crippen LogP contribution in [0.1, 0.15) is 11.5 Å². The maximum Gasteiger partial charge on any atom is 0.122 e. The van der Waals surface area contributed by atoms with E-state index in [-0.39, 0.29) is 0 Å². The Bertz CT molecular complexity index is 373. The maximum atomic E-state index is 5.30. The van der Waals surface area contributed by atoms with Crippen LogP contribution < -0.4 is 14.8 Å². The van der Waals surface area contributed by atoms with Gasteiger partial charge in [0, 0.05) is 6.07 Å². The summed E-state index contributed by atoms with van der Waals surface area (Å²) < 4.78 is 10.6. The number of piperidine rings is 1. The number of methoxy groups -OCH3 is 2. The van der Waals surface area contributed by atoms with Crippen molar-refractivity contribution in [3.8, 4) is 11.5 Å². The molecule has 3 rings (SSSR count). The van der Waals surface area contributed by atoms with Crippen molar-refractivity contribution in [1.29, 1.82) is 0 Å².